The van der Waals surface area contributed by atoms with Crippen LogP contribution in [0.5, 0.6) is 0 Å². The SMILES string of the molecule is COCCCC(CNC(C)C)Cc1ccccc1Cl. The number of rotatable bonds is 9. The summed E-state index contributed by atoms with van der Waals surface area (Å²) in [6, 6.07) is 8.66. The fraction of sp³-hybridized carbons (Fsp3) is 0.625. The van der Waals surface area contributed by atoms with E-state index in [1.165, 1.54) is 12.0 Å². The predicted octanol–water partition coefficient (Wildman–Crippen LogP) is 3.92. The van der Waals surface area contributed by atoms with Crippen LogP contribution < -0.4 is 5.32 Å². The number of ether oxygens (including phenoxy) is 1. The minimum Gasteiger partial charge on any atom is -0.385 e. The molecule has 19 heavy (non-hydrogen) atoms. The second-order valence-electron chi connectivity index (χ2n) is 5.36. The van der Waals surface area contributed by atoms with Gasteiger partial charge in [-0.05, 0) is 43.4 Å². The molecule has 1 rings (SSSR count). The lowest BCUT2D eigenvalue weighted by Gasteiger charge is -2.20. The molecular weight excluding hydrogens is 258 g/mol. The molecule has 2 nitrogen and oxygen atoms in total. The maximum absolute atomic E-state index is 6.25. The molecule has 0 aliphatic rings. The van der Waals surface area contributed by atoms with Crippen LogP contribution in [0.15, 0.2) is 24.3 Å². The van der Waals surface area contributed by atoms with Crippen molar-refractivity contribution < 1.29 is 4.74 Å². The van der Waals surface area contributed by atoms with Gasteiger partial charge in [-0.2, -0.15) is 0 Å². The second kappa shape index (κ2) is 9.35. The molecule has 1 aromatic carbocycles. The van der Waals surface area contributed by atoms with E-state index in [0.717, 1.165) is 31.0 Å². The van der Waals surface area contributed by atoms with Crippen molar-refractivity contribution in [2.75, 3.05) is 20.3 Å². The Labute approximate surface area is 122 Å². The monoisotopic (exact) mass is 283 g/mol. The van der Waals surface area contributed by atoms with Crippen LogP contribution in [0.3, 0.4) is 0 Å². The van der Waals surface area contributed by atoms with Gasteiger partial charge in [0.15, 0.2) is 0 Å². The van der Waals surface area contributed by atoms with Crippen molar-refractivity contribution in [3.05, 3.63) is 34.9 Å². The largest absolute Gasteiger partial charge is 0.385 e. The number of methoxy groups -OCH3 is 1. The molecule has 3 heteroatoms. The summed E-state index contributed by atoms with van der Waals surface area (Å²) in [5.74, 6) is 0.609. The Bertz CT molecular complexity index is 354. The van der Waals surface area contributed by atoms with Gasteiger partial charge in [-0.3, -0.25) is 0 Å². The molecule has 0 fully saturated rings. The molecule has 1 aromatic rings. The molecule has 0 aromatic heterocycles. The molecule has 0 spiro atoms. The molecule has 0 amide bonds. The van der Waals surface area contributed by atoms with Crippen LogP contribution in [-0.4, -0.2) is 26.3 Å². The van der Waals surface area contributed by atoms with Crippen LogP contribution in [0.2, 0.25) is 5.02 Å². The highest BCUT2D eigenvalue weighted by Crippen LogP contribution is 2.21. The molecule has 0 bridgehead atoms. The molecule has 0 aliphatic carbocycles. The van der Waals surface area contributed by atoms with Gasteiger partial charge in [0, 0.05) is 24.8 Å². The van der Waals surface area contributed by atoms with E-state index in [2.05, 4.69) is 31.3 Å². The van der Waals surface area contributed by atoms with Crippen LogP contribution in [0.4, 0.5) is 0 Å². The van der Waals surface area contributed by atoms with E-state index >= 15 is 0 Å². The van der Waals surface area contributed by atoms with Gasteiger partial charge in [0.1, 0.15) is 0 Å². The summed E-state index contributed by atoms with van der Waals surface area (Å²) < 4.78 is 5.15. The van der Waals surface area contributed by atoms with Gasteiger partial charge in [0.2, 0.25) is 0 Å². The smallest absolute Gasteiger partial charge is 0.0462 e. The van der Waals surface area contributed by atoms with Crippen molar-refractivity contribution >= 4 is 11.6 Å². The number of hydrogen-bond acceptors (Lipinski definition) is 2. The highest BCUT2D eigenvalue weighted by molar-refractivity contribution is 6.31. The number of benzene rings is 1. The van der Waals surface area contributed by atoms with Gasteiger partial charge in [-0.1, -0.05) is 43.6 Å². The molecule has 1 unspecified atom stereocenters. The van der Waals surface area contributed by atoms with E-state index in [0.29, 0.717) is 12.0 Å². The summed E-state index contributed by atoms with van der Waals surface area (Å²) in [5.41, 5.74) is 1.25. The molecule has 0 saturated heterocycles. The second-order valence-corrected chi connectivity index (χ2v) is 5.77. The minimum absolute atomic E-state index is 0.524. The van der Waals surface area contributed by atoms with Crippen LogP contribution in [0.25, 0.3) is 0 Å². The van der Waals surface area contributed by atoms with E-state index in [9.17, 15) is 0 Å². The first-order valence-electron chi connectivity index (χ1n) is 7.09. The lowest BCUT2D eigenvalue weighted by molar-refractivity contribution is 0.186. The summed E-state index contributed by atoms with van der Waals surface area (Å²) in [5, 5.41) is 4.41. The van der Waals surface area contributed by atoms with Gasteiger partial charge >= 0.3 is 0 Å². The summed E-state index contributed by atoms with van der Waals surface area (Å²) >= 11 is 6.25. The Morgan fingerprint density at radius 2 is 2.00 bits per heavy atom. The third kappa shape index (κ3) is 6.95. The topological polar surface area (TPSA) is 21.3 Å². The van der Waals surface area contributed by atoms with Crippen LogP contribution in [-0.2, 0) is 11.2 Å². The van der Waals surface area contributed by atoms with Gasteiger partial charge in [0.05, 0.1) is 0 Å². The summed E-state index contributed by atoms with van der Waals surface area (Å²) in [6.45, 7) is 6.23. The third-order valence-electron chi connectivity index (χ3n) is 3.24. The molecule has 0 radical (unpaired) electrons. The Morgan fingerprint density at radius 1 is 1.26 bits per heavy atom. The average molecular weight is 284 g/mol. The van der Waals surface area contributed by atoms with Gasteiger partial charge in [-0.25, -0.2) is 0 Å². The van der Waals surface area contributed by atoms with Crippen molar-refractivity contribution in [3.8, 4) is 0 Å². The Morgan fingerprint density at radius 3 is 2.63 bits per heavy atom. The highest BCUT2D eigenvalue weighted by Gasteiger charge is 2.12. The fourth-order valence-electron chi connectivity index (χ4n) is 2.17. The van der Waals surface area contributed by atoms with Crippen molar-refractivity contribution in [2.24, 2.45) is 5.92 Å². The van der Waals surface area contributed by atoms with Crippen molar-refractivity contribution in [1.29, 1.82) is 0 Å². The molecular formula is C16H26ClNO. The molecule has 0 aliphatic heterocycles. The zero-order valence-corrected chi connectivity index (χ0v) is 13.0. The molecule has 108 valence electrons. The summed E-state index contributed by atoms with van der Waals surface area (Å²) in [4.78, 5) is 0. The highest BCUT2D eigenvalue weighted by atomic mass is 35.5. The van der Waals surface area contributed by atoms with Gasteiger partial charge in [0.25, 0.3) is 0 Å². The molecule has 0 saturated carbocycles. The predicted molar refractivity (Wildman–Crippen MR) is 82.9 cm³/mol. The maximum atomic E-state index is 6.25. The van der Waals surface area contributed by atoms with E-state index in [4.69, 9.17) is 16.3 Å². The summed E-state index contributed by atoms with van der Waals surface area (Å²) in [7, 11) is 1.76. The molecule has 0 heterocycles. The first kappa shape index (κ1) is 16.5. The first-order chi connectivity index (χ1) is 9.13. The van der Waals surface area contributed by atoms with Gasteiger partial charge in [-0.15, -0.1) is 0 Å². The van der Waals surface area contributed by atoms with Gasteiger partial charge < -0.3 is 10.1 Å². The first-order valence-corrected chi connectivity index (χ1v) is 7.47. The maximum Gasteiger partial charge on any atom is 0.0462 e. The Kier molecular flexibility index (Phi) is 8.11. The van der Waals surface area contributed by atoms with E-state index in [-0.39, 0.29) is 0 Å². The van der Waals surface area contributed by atoms with Crippen molar-refractivity contribution in [1.82, 2.24) is 5.32 Å². The van der Waals surface area contributed by atoms with Crippen molar-refractivity contribution in [3.63, 3.8) is 0 Å². The number of hydrogen-bond donors (Lipinski definition) is 1. The van der Waals surface area contributed by atoms with Crippen molar-refractivity contribution in [2.45, 2.75) is 39.2 Å². The molecule has 1 atom stereocenters. The van der Waals surface area contributed by atoms with Crippen LogP contribution >= 0.6 is 11.6 Å². The number of halogens is 1. The normalized spacial score (nSPS) is 12.9. The van der Waals surface area contributed by atoms with Crippen LogP contribution in [0.1, 0.15) is 32.3 Å². The zero-order chi connectivity index (χ0) is 14.1. The summed E-state index contributed by atoms with van der Waals surface area (Å²) in [6.07, 6.45) is 3.30. The zero-order valence-electron chi connectivity index (χ0n) is 12.3. The minimum atomic E-state index is 0.524. The van der Waals surface area contributed by atoms with E-state index in [1.54, 1.807) is 7.11 Å². The lowest BCUT2D eigenvalue weighted by atomic mass is 9.94. The molecule has 1 N–H and O–H groups in total. The Hall–Kier alpha value is -0.570. The number of nitrogens with one attached hydrogen (secondary N) is 1. The van der Waals surface area contributed by atoms with Crippen LogP contribution in [0, 0.1) is 5.92 Å². The fourth-order valence-corrected chi connectivity index (χ4v) is 2.38. The quantitative estimate of drug-likeness (QED) is 0.694. The van der Waals surface area contributed by atoms with E-state index < -0.39 is 0 Å². The van der Waals surface area contributed by atoms with E-state index in [1.807, 2.05) is 12.1 Å². The average Bonchev–Trinajstić information content (AvgIpc) is 2.38. The third-order valence-corrected chi connectivity index (χ3v) is 3.61. The Balaban J connectivity index is 2.54. The lowest BCUT2D eigenvalue weighted by Crippen LogP contribution is -2.30. The standard InChI is InChI=1S/C16H26ClNO/c1-13(2)18-12-14(7-6-10-19-3)11-15-8-4-5-9-16(15)17/h4-5,8-9,13-14,18H,6-7,10-12H2,1-3H3.